The monoisotopic (exact) mass is 331 g/mol. The Morgan fingerprint density at radius 3 is 2.78 bits per heavy atom. The van der Waals surface area contributed by atoms with Crippen LogP contribution in [0.2, 0.25) is 0 Å². The smallest absolute Gasteiger partial charge is 0.251 e. The molecule has 1 atom stereocenters. The van der Waals surface area contributed by atoms with Crippen LogP contribution in [-0.4, -0.2) is 35.2 Å². The molecule has 0 aliphatic carbocycles. The van der Waals surface area contributed by atoms with Crippen molar-refractivity contribution in [3.63, 3.8) is 0 Å². The molecule has 1 aromatic rings. The number of amides is 1. The average molecular weight is 332 g/mol. The Kier molecular flexibility index (Phi) is 5.69. The fraction of sp³-hybridized carbons (Fsp3) is 0.462. The van der Waals surface area contributed by atoms with Crippen molar-refractivity contribution in [1.29, 1.82) is 0 Å². The van der Waals surface area contributed by atoms with Gasteiger partial charge in [-0.25, -0.2) is 0 Å². The van der Waals surface area contributed by atoms with Crippen LogP contribution in [0, 0.1) is 6.92 Å². The predicted octanol–water partition coefficient (Wildman–Crippen LogP) is 2.60. The van der Waals surface area contributed by atoms with E-state index in [0.717, 1.165) is 10.0 Å². The zero-order chi connectivity index (χ0) is 13.8. The van der Waals surface area contributed by atoms with Crippen molar-refractivity contribution in [2.24, 2.45) is 0 Å². The Morgan fingerprint density at radius 2 is 2.22 bits per heavy atom. The van der Waals surface area contributed by atoms with E-state index < -0.39 is 5.60 Å². The minimum atomic E-state index is -0.876. The maximum absolute atomic E-state index is 11.9. The average Bonchev–Trinajstić information content (AvgIpc) is 2.30. The lowest BCUT2D eigenvalue weighted by molar-refractivity contribution is 0.0725. The van der Waals surface area contributed by atoms with Crippen molar-refractivity contribution in [3.8, 4) is 0 Å². The molecule has 0 aromatic heterocycles. The predicted molar refractivity (Wildman–Crippen MR) is 80.2 cm³/mol. The van der Waals surface area contributed by atoms with Crippen LogP contribution in [0.5, 0.6) is 0 Å². The summed E-state index contributed by atoms with van der Waals surface area (Å²) in [5, 5.41) is 12.7. The molecule has 0 aliphatic heterocycles. The number of hydrogen-bond donors (Lipinski definition) is 2. The quantitative estimate of drug-likeness (QED) is 0.871. The van der Waals surface area contributed by atoms with Gasteiger partial charge in [0.2, 0.25) is 0 Å². The Balaban J connectivity index is 2.63. The largest absolute Gasteiger partial charge is 0.387 e. The number of hydrogen-bond acceptors (Lipinski definition) is 3. The second kappa shape index (κ2) is 6.59. The molecular formula is C13H18BrNO2S. The van der Waals surface area contributed by atoms with Crippen molar-refractivity contribution in [3.05, 3.63) is 33.8 Å². The summed E-state index contributed by atoms with van der Waals surface area (Å²) in [4.78, 5) is 11.9. The number of thioether (sulfide) groups is 1. The number of nitrogens with one attached hydrogen (secondary N) is 1. The summed E-state index contributed by atoms with van der Waals surface area (Å²) in [6.45, 7) is 3.91. The fourth-order valence-corrected chi connectivity index (χ4v) is 2.49. The van der Waals surface area contributed by atoms with Gasteiger partial charge >= 0.3 is 0 Å². The molecule has 0 bridgehead atoms. The number of carbonyl (C=O) groups excluding carboxylic acids is 1. The Bertz CT molecular complexity index is 435. The second-order valence-electron chi connectivity index (χ2n) is 4.58. The number of aryl methyl sites for hydroxylation is 1. The van der Waals surface area contributed by atoms with Crippen molar-refractivity contribution in [2.75, 3.05) is 18.6 Å². The minimum absolute atomic E-state index is 0.160. The van der Waals surface area contributed by atoms with Crippen molar-refractivity contribution in [1.82, 2.24) is 5.32 Å². The summed E-state index contributed by atoms with van der Waals surface area (Å²) in [6, 6.07) is 5.43. The van der Waals surface area contributed by atoms with Crippen LogP contribution in [-0.2, 0) is 0 Å². The summed E-state index contributed by atoms with van der Waals surface area (Å²) in [5.41, 5.74) is 0.744. The van der Waals surface area contributed by atoms with Crippen LogP contribution in [0.25, 0.3) is 0 Å². The van der Waals surface area contributed by atoms with Crippen LogP contribution in [0.1, 0.15) is 22.8 Å². The van der Waals surface area contributed by atoms with E-state index in [0.29, 0.717) is 11.3 Å². The highest BCUT2D eigenvalue weighted by Gasteiger charge is 2.20. The molecule has 3 nitrogen and oxygen atoms in total. The van der Waals surface area contributed by atoms with E-state index in [1.165, 1.54) is 0 Å². The highest BCUT2D eigenvalue weighted by molar-refractivity contribution is 9.10. The summed E-state index contributed by atoms with van der Waals surface area (Å²) in [7, 11) is 0. The van der Waals surface area contributed by atoms with Crippen molar-refractivity contribution in [2.45, 2.75) is 19.4 Å². The minimum Gasteiger partial charge on any atom is -0.387 e. The molecule has 18 heavy (non-hydrogen) atoms. The summed E-state index contributed by atoms with van der Waals surface area (Å²) >= 11 is 4.95. The number of aliphatic hydroxyl groups is 1. The maximum atomic E-state index is 11.9. The Hall–Kier alpha value is -0.520. The van der Waals surface area contributed by atoms with E-state index in [2.05, 4.69) is 21.2 Å². The summed E-state index contributed by atoms with van der Waals surface area (Å²) in [6.07, 6.45) is 1.92. The van der Waals surface area contributed by atoms with Crippen LogP contribution in [0.4, 0.5) is 0 Å². The summed E-state index contributed by atoms with van der Waals surface area (Å²) < 4.78 is 0.980. The van der Waals surface area contributed by atoms with Gasteiger partial charge in [0.05, 0.1) is 5.60 Å². The molecule has 0 aliphatic rings. The van der Waals surface area contributed by atoms with Gasteiger partial charge in [0.25, 0.3) is 5.91 Å². The zero-order valence-electron chi connectivity index (χ0n) is 10.8. The first kappa shape index (κ1) is 15.5. The highest BCUT2D eigenvalue weighted by atomic mass is 79.9. The normalized spacial score (nSPS) is 14.1. The van der Waals surface area contributed by atoms with E-state index in [1.807, 2.05) is 25.3 Å². The molecule has 1 aromatic carbocycles. The lowest BCUT2D eigenvalue weighted by Crippen LogP contribution is -2.42. The molecule has 0 saturated carbocycles. The zero-order valence-corrected chi connectivity index (χ0v) is 13.2. The first-order valence-corrected chi connectivity index (χ1v) is 7.80. The van der Waals surface area contributed by atoms with Gasteiger partial charge in [-0.15, -0.1) is 0 Å². The van der Waals surface area contributed by atoms with Gasteiger partial charge < -0.3 is 10.4 Å². The molecule has 2 N–H and O–H groups in total. The third kappa shape index (κ3) is 4.63. The van der Waals surface area contributed by atoms with E-state index in [-0.39, 0.29) is 12.5 Å². The number of halogens is 1. The molecule has 0 heterocycles. The molecular weight excluding hydrogens is 314 g/mol. The molecule has 1 amide bonds. The van der Waals surface area contributed by atoms with Crippen LogP contribution >= 0.6 is 27.7 Å². The lowest BCUT2D eigenvalue weighted by atomic mass is 10.1. The highest BCUT2D eigenvalue weighted by Crippen LogP contribution is 2.17. The lowest BCUT2D eigenvalue weighted by Gasteiger charge is -2.22. The Labute approximate surface area is 120 Å². The third-order valence-corrected chi connectivity index (χ3v) is 4.31. The first-order valence-electron chi connectivity index (χ1n) is 5.61. The van der Waals surface area contributed by atoms with E-state index in [4.69, 9.17) is 0 Å². The van der Waals surface area contributed by atoms with Crippen molar-refractivity contribution < 1.29 is 9.90 Å². The topological polar surface area (TPSA) is 49.3 Å². The van der Waals surface area contributed by atoms with Crippen LogP contribution in [0.15, 0.2) is 22.7 Å². The SMILES string of the molecule is CSC[C@](C)(O)CNC(=O)c1ccc(Br)c(C)c1. The summed E-state index contributed by atoms with van der Waals surface area (Å²) in [5.74, 6) is 0.430. The van der Waals surface area contributed by atoms with E-state index >= 15 is 0 Å². The molecule has 0 unspecified atom stereocenters. The van der Waals surface area contributed by atoms with Crippen LogP contribution < -0.4 is 5.32 Å². The fourth-order valence-electron chi connectivity index (χ4n) is 1.52. The van der Waals surface area contributed by atoms with E-state index in [1.54, 1.807) is 24.8 Å². The van der Waals surface area contributed by atoms with Gasteiger partial charge in [-0.1, -0.05) is 15.9 Å². The van der Waals surface area contributed by atoms with Gasteiger partial charge in [0, 0.05) is 22.3 Å². The molecule has 1 rings (SSSR count). The molecule has 5 heteroatoms. The third-order valence-electron chi connectivity index (χ3n) is 2.51. The molecule has 0 saturated heterocycles. The van der Waals surface area contributed by atoms with E-state index in [9.17, 15) is 9.90 Å². The number of rotatable bonds is 5. The number of carbonyl (C=O) groups is 1. The van der Waals surface area contributed by atoms with Crippen molar-refractivity contribution >= 4 is 33.6 Å². The number of benzene rings is 1. The van der Waals surface area contributed by atoms with Gasteiger partial charge in [-0.2, -0.15) is 11.8 Å². The van der Waals surface area contributed by atoms with Gasteiger partial charge in [0.1, 0.15) is 0 Å². The standard InChI is InChI=1S/C13H18BrNO2S/c1-9-6-10(4-5-11(9)14)12(16)15-7-13(2,17)8-18-3/h4-6,17H,7-8H2,1-3H3,(H,15,16)/t13-/m1/s1. The van der Waals surface area contributed by atoms with Gasteiger partial charge in [0.15, 0.2) is 0 Å². The maximum Gasteiger partial charge on any atom is 0.251 e. The van der Waals surface area contributed by atoms with Crippen LogP contribution in [0.3, 0.4) is 0 Å². The first-order chi connectivity index (χ1) is 8.35. The second-order valence-corrected chi connectivity index (χ2v) is 6.30. The molecule has 100 valence electrons. The molecule has 0 radical (unpaired) electrons. The van der Waals surface area contributed by atoms with Gasteiger partial charge in [-0.05, 0) is 43.9 Å². The molecule has 0 fully saturated rings. The van der Waals surface area contributed by atoms with Gasteiger partial charge in [-0.3, -0.25) is 4.79 Å². The Morgan fingerprint density at radius 1 is 1.56 bits per heavy atom. The molecule has 0 spiro atoms.